The van der Waals surface area contributed by atoms with Crippen molar-refractivity contribution >= 4 is 11.9 Å². The fourth-order valence-corrected chi connectivity index (χ4v) is 3.29. The minimum atomic E-state index is -0.812. The third kappa shape index (κ3) is 7.49. The number of carbonyl (C=O) groups is 2. The van der Waals surface area contributed by atoms with Crippen LogP contribution in [0.5, 0.6) is 0 Å². The Kier molecular flexibility index (Phi) is 8.40. The molecule has 4 heteroatoms. The van der Waals surface area contributed by atoms with Crippen LogP contribution in [0.4, 0.5) is 0 Å². The van der Waals surface area contributed by atoms with Gasteiger partial charge in [0.2, 0.25) is 5.91 Å². The zero-order valence-electron chi connectivity index (χ0n) is 13.5. The summed E-state index contributed by atoms with van der Waals surface area (Å²) in [5.41, 5.74) is -0.468. The van der Waals surface area contributed by atoms with E-state index in [2.05, 4.69) is 12.2 Å². The van der Waals surface area contributed by atoms with Crippen LogP contribution in [-0.4, -0.2) is 22.5 Å². The van der Waals surface area contributed by atoms with Crippen molar-refractivity contribution in [3.8, 4) is 0 Å². The highest BCUT2D eigenvalue weighted by atomic mass is 16.4. The molecule has 0 spiro atoms. The second kappa shape index (κ2) is 9.80. The lowest BCUT2D eigenvalue weighted by Gasteiger charge is -2.28. The summed E-state index contributed by atoms with van der Waals surface area (Å²) in [6.45, 7) is 2.21. The number of aliphatic carboxylic acids is 1. The van der Waals surface area contributed by atoms with E-state index in [9.17, 15) is 9.59 Å². The van der Waals surface area contributed by atoms with E-state index in [-0.39, 0.29) is 12.3 Å². The van der Waals surface area contributed by atoms with Gasteiger partial charge in [-0.05, 0) is 19.3 Å². The van der Waals surface area contributed by atoms with Gasteiger partial charge >= 0.3 is 5.97 Å². The summed E-state index contributed by atoms with van der Waals surface area (Å²) in [6, 6.07) is 0. The van der Waals surface area contributed by atoms with Gasteiger partial charge in [0.1, 0.15) is 0 Å². The molecule has 0 atom stereocenters. The minimum absolute atomic E-state index is 0.0340. The maximum atomic E-state index is 12.0. The van der Waals surface area contributed by atoms with E-state index in [0.29, 0.717) is 6.42 Å². The molecule has 1 aliphatic rings. The topological polar surface area (TPSA) is 66.4 Å². The van der Waals surface area contributed by atoms with E-state index >= 15 is 0 Å². The summed E-state index contributed by atoms with van der Waals surface area (Å²) in [5, 5.41) is 12.0. The van der Waals surface area contributed by atoms with Crippen LogP contribution >= 0.6 is 0 Å². The predicted octanol–water partition coefficient (Wildman–Crippen LogP) is 4.03. The number of carbonyl (C=O) groups excluding carboxylic acids is 1. The summed E-state index contributed by atoms with van der Waals surface area (Å²) in [4.78, 5) is 23.0. The normalized spacial score (nSPS) is 16.8. The molecule has 1 fully saturated rings. The zero-order valence-corrected chi connectivity index (χ0v) is 13.5. The lowest BCUT2D eigenvalue weighted by atomic mass is 9.93. The molecule has 0 radical (unpaired) electrons. The van der Waals surface area contributed by atoms with Crippen LogP contribution in [0.2, 0.25) is 0 Å². The zero-order chi connectivity index (χ0) is 15.6. The Labute approximate surface area is 128 Å². The molecule has 21 heavy (non-hydrogen) atoms. The molecule has 0 unspecified atom stereocenters. The Morgan fingerprint density at radius 1 is 1.00 bits per heavy atom. The predicted molar refractivity (Wildman–Crippen MR) is 84.2 cm³/mol. The number of carboxylic acids is 1. The molecular formula is C17H31NO3. The van der Waals surface area contributed by atoms with Crippen LogP contribution in [0.1, 0.15) is 90.4 Å². The van der Waals surface area contributed by atoms with Crippen LogP contribution in [-0.2, 0) is 9.59 Å². The van der Waals surface area contributed by atoms with Gasteiger partial charge < -0.3 is 10.4 Å². The molecule has 2 N–H and O–H groups in total. The number of unbranched alkanes of at least 4 members (excludes halogenated alkanes) is 6. The smallest absolute Gasteiger partial charge is 0.305 e. The molecule has 1 saturated carbocycles. The van der Waals surface area contributed by atoms with E-state index in [1.807, 2.05) is 0 Å². The Morgan fingerprint density at radius 2 is 1.57 bits per heavy atom. The fraction of sp³-hybridized carbons (Fsp3) is 0.882. The largest absolute Gasteiger partial charge is 0.481 e. The van der Waals surface area contributed by atoms with Crippen molar-refractivity contribution in [2.75, 3.05) is 0 Å². The molecule has 0 aliphatic heterocycles. The summed E-state index contributed by atoms with van der Waals surface area (Å²) in [7, 11) is 0. The van der Waals surface area contributed by atoms with Gasteiger partial charge in [0.05, 0.1) is 12.0 Å². The molecule has 0 aromatic heterocycles. The van der Waals surface area contributed by atoms with Crippen molar-refractivity contribution in [3.05, 3.63) is 0 Å². The average Bonchev–Trinajstić information content (AvgIpc) is 2.84. The molecule has 1 amide bonds. The second-order valence-corrected chi connectivity index (χ2v) is 6.48. The van der Waals surface area contributed by atoms with Gasteiger partial charge in [-0.1, -0.05) is 58.3 Å². The van der Waals surface area contributed by atoms with Crippen LogP contribution in [0.25, 0.3) is 0 Å². The summed E-state index contributed by atoms with van der Waals surface area (Å²) in [6.07, 6.45) is 12.6. The van der Waals surface area contributed by atoms with Crippen LogP contribution in [0.15, 0.2) is 0 Å². The number of amides is 1. The third-order valence-corrected chi connectivity index (χ3v) is 4.46. The quantitative estimate of drug-likeness (QED) is 0.566. The van der Waals surface area contributed by atoms with E-state index in [0.717, 1.165) is 38.5 Å². The molecule has 0 bridgehead atoms. The average molecular weight is 297 g/mol. The standard InChI is InChI=1S/C17H31NO3/c1-2-3-4-5-6-7-8-11-15(19)18-17(14-16(20)21)12-9-10-13-17/h2-14H2,1H3,(H,18,19)(H,20,21). The van der Waals surface area contributed by atoms with Gasteiger partial charge in [0, 0.05) is 6.42 Å². The first-order valence-corrected chi connectivity index (χ1v) is 8.61. The van der Waals surface area contributed by atoms with Gasteiger partial charge in [-0.3, -0.25) is 9.59 Å². The Bertz CT molecular complexity index is 322. The highest BCUT2D eigenvalue weighted by Crippen LogP contribution is 2.32. The molecule has 4 nitrogen and oxygen atoms in total. The Morgan fingerprint density at radius 3 is 2.14 bits per heavy atom. The molecule has 1 rings (SSSR count). The number of nitrogens with one attached hydrogen (secondary N) is 1. The lowest BCUT2D eigenvalue weighted by Crippen LogP contribution is -2.47. The summed E-state index contributed by atoms with van der Waals surface area (Å²) in [5.74, 6) is -0.778. The second-order valence-electron chi connectivity index (χ2n) is 6.48. The van der Waals surface area contributed by atoms with E-state index in [4.69, 9.17) is 5.11 Å². The van der Waals surface area contributed by atoms with Crippen LogP contribution in [0, 0.1) is 0 Å². The molecule has 0 heterocycles. The monoisotopic (exact) mass is 297 g/mol. The molecule has 1 aliphatic carbocycles. The highest BCUT2D eigenvalue weighted by Gasteiger charge is 2.37. The fourth-order valence-electron chi connectivity index (χ4n) is 3.29. The summed E-state index contributed by atoms with van der Waals surface area (Å²) >= 11 is 0. The van der Waals surface area contributed by atoms with Crippen LogP contribution in [0.3, 0.4) is 0 Å². The van der Waals surface area contributed by atoms with Crippen molar-refractivity contribution in [1.82, 2.24) is 5.32 Å². The van der Waals surface area contributed by atoms with Crippen molar-refractivity contribution in [3.63, 3.8) is 0 Å². The molecule has 0 aromatic carbocycles. The van der Waals surface area contributed by atoms with Crippen LogP contribution < -0.4 is 5.32 Å². The van der Waals surface area contributed by atoms with E-state index in [1.165, 1.54) is 32.1 Å². The van der Waals surface area contributed by atoms with Gasteiger partial charge in [-0.2, -0.15) is 0 Å². The Balaban J connectivity index is 2.18. The minimum Gasteiger partial charge on any atom is -0.481 e. The SMILES string of the molecule is CCCCCCCCCC(=O)NC1(CC(=O)O)CCCC1. The van der Waals surface area contributed by atoms with Gasteiger partial charge in [-0.15, -0.1) is 0 Å². The Hall–Kier alpha value is -1.06. The van der Waals surface area contributed by atoms with Crippen molar-refractivity contribution < 1.29 is 14.7 Å². The van der Waals surface area contributed by atoms with Crippen molar-refractivity contribution in [2.45, 2.75) is 95.9 Å². The number of hydrogen-bond donors (Lipinski definition) is 2. The van der Waals surface area contributed by atoms with E-state index in [1.54, 1.807) is 0 Å². The number of rotatable bonds is 11. The van der Waals surface area contributed by atoms with E-state index < -0.39 is 11.5 Å². The molecule has 0 aromatic rings. The first-order valence-electron chi connectivity index (χ1n) is 8.61. The maximum absolute atomic E-state index is 12.0. The molecule has 122 valence electrons. The first kappa shape index (κ1) is 18.0. The maximum Gasteiger partial charge on any atom is 0.305 e. The molecule has 0 saturated heterocycles. The lowest BCUT2D eigenvalue weighted by molar-refractivity contribution is -0.139. The molecular weight excluding hydrogens is 266 g/mol. The van der Waals surface area contributed by atoms with Gasteiger partial charge in [0.25, 0.3) is 0 Å². The number of carboxylic acid groups (broad SMARTS) is 1. The highest BCUT2D eigenvalue weighted by molar-refractivity contribution is 5.78. The van der Waals surface area contributed by atoms with Gasteiger partial charge in [-0.25, -0.2) is 0 Å². The van der Waals surface area contributed by atoms with Gasteiger partial charge in [0.15, 0.2) is 0 Å². The van der Waals surface area contributed by atoms with Crippen molar-refractivity contribution in [2.24, 2.45) is 0 Å². The number of hydrogen-bond acceptors (Lipinski definition) is 2. The van der Waals surface area contributed by atoms with Crippen molar-refractivity contribution in [1.29, 1.82) is 0 Å². The third-order valence-electron chi connectivity index (χ3n) is 4.46. The summed E-state index contributed by atoms with van der Waals surface area (Å²) < 4.78 is 0. The first-order chi connectivity index (χ1) is 10.1.